The Labute approximate surface area is 157 Å². The molecule has 6 nitrogen and oxygen atoms in total. The number of allylic oxidation sites excluding steroid dienone is 2. The van der Waals surface area contributed by atoms with Crippen molar-refractivity contribution < 1.29 is 4.79 Å². The smallest absolute Gasteiger partial charge is 0.161 e. The third-order valence-corrected chi connectivity index (χ3v) is 5.29. The van der Waals surface area contributed by atoms with Crippen LogP contribution in [0.4, 0.5) is 5.82 Å². The minimum absolute atomic E-state index is 0.143. The lowest BCUT2D eigenvalue weighted by Crippen LogP contribution is -2.27. The van der Waals surface area contributed by atoms with Gasteiger partial charge in [0.05, 0.1) is 5.69 Å². The SMILES string of the molecule is Cc1nn(-c2ccccn2)c2c1[C@@H](c1cccnc1)C1=C(CCCC1=O)N2. The molecule has 1 atom stereocenters. The van der Waals surface area contributed by atoms with Crippen molar-refractivity contribution >= 4 is 11.6 Å². The summed E-state index contributed by atoms with van der Waals surface area (Å²) in [5, 5.41) is 8.27. The second-order valence-corrected chi connectivity index (χ2v) is 6.96. The van der Waals surface area contributed by atoms with E-state index in [4.69, 9.17) is 5.10 Å². The molecule has 0 radical (unpaired) electrons. The van der Waals surface area contributed by atoms with E-state index < -0.39 is 0 Å². The van der Waals surface area contributed by atoms with Crippen LogP contribution in [-0.4, -0.2) is 25.5 Å². The zero-order chi connectivity index (χ0) is 18.4. The number of pyridine rings is 2. The molecule has 5 rings (SSSR count). The summed E-state index contributed by atoms with van der Waals surface area (Å²) in [4.78, 5) is 21.6. The lowest BCUT2D eigenvalue weighted by atomic mass is 9.76. The molecule has 0 saturated carbocycles. The van der Waals surface area contributed by atoms with Crippen molar-refractivity contribution in [1.82, 2.24) is 19.7 Å². The highest BCUT2D eigenvalue weighted by atomic mass is 16.1. The summed E-state index contributed by atoms with van der Waals surface area (Å²) >= 11 is 0. The van der Waals surface area contributed by atoms with Crippen molar-refractivity contribution in [2.24, 2.45) is 0 Å². The molecule has 3 aromatic heterocycles. The maximum absolute atomic E-state index is 12.9. The summed E-state index contributed by atoms with van der Waals surface area (Å²) in [6.45, 7) is 1.99. The lowest BCUT2D eigenvalue weighted by Gasteiger charge is -2.32. The standard InChI is InChI=1S/C21H19N5O/c1-13-18-19(14-6-5-10-22-12-14)20-15(7-4-8-16(20)27)24-21(18)26(25-13)17-9-2-3-11-23-17/h2-3,5-6,9-12,19,24H,4,7-8H2,1H3/t19-/m1/s1. The van der Waals surface area contributed by atoms with E-state index in [-0.39, 0.29) is 11.7 Å². The minimum atomic E-state index is -0.143. The summed E-state index contributed by atoms with van der Waals surface area (Å²) in [5.74, 6) is 1.72. The topological polar surface area (TPSA) is 72.7 Å². The van der Waals surface area contributed by atoms with Crippen LogP contribution in [-0.2, 0) is 4.79 Å². The Balaban J connectivity index is 1.76. The summed E-state index contributed by atoms with van der Waals surface area (Å²) in [6, 6.07) is 9.73. The van der Waals surface area contributed by atoms with E-state index in [9.17, 15) is 4.79 Å². The van der Waals surface area contributed by atoms with E-state index in [0.717, 1.165) is 52.6 Å². The normalized spacial score (nSPS) is 18.7. The van der Waals surface area contributed by atoms with Gasteiger partial charge in [0.2, 0.25) is 0 Å². The molecule has 0 amide bonds. The number of nitrogens with one attached hydrogen (secondary N) is 1. The lowest BCUT2D eigenvalue weighted by molar-refractivity contribution is -0.116. The maximum Gasteiger partial charge on any atom is 0.161 e. The van der Waals surface area contributed by atoms with Crippen LogP contribution in [0.2, 0.25) is 0 Å². The van der Waals surface area contributed by atoms with Crippen LogP contribution in [0.15, 0.2) is 60.2 Å². The van der Waals surface area contributed by atoms with Gasteiger partial charge in [-0.15, -0.1) is 0 Å². The number of hydrogen-bond acceptors (Lipinski definition) is 5. The first kappa shape index (κ1) is 15.9. The molecular formula is C21H19N5O. The van der Waals surface area contributed by atoms with Crippen molar-refractivity contribution in [2.75, 3.05) is 5.32 Å². The average molecular weight is 357 g/mol. The highest BCUT2D eigenvalue weighted by Crippen LogP contribution is 2.46. The van der Waals surface area contributed by atoms with Gasteiger partial charge in [-0.3, -0.25) is 9.78 Å². The zero-order valence-corrected chi connectivity index (χ0v) is 15.0. The second-order valence-electron chi connectivity index (χ2n) is 6.96. The number of nitrogens with zero attached hydrogens (tertiary/aromatic N) is 4. The summed E-state index contributed by atoms with van der Waals surface area (Å²) in [6.07, 6.45) is 7.70. The molecule has 0 bridgehead atoms. The Morgan fingerprint density at radius 3 is 2.85 bits per heavy atom. The number of carbonyl (C=O) groups excluding carboxylic acids is 1. The summed E-state index contributed by atoms with van der Waals surface area (Å²) < 4.78 is 1.84. The quantitative estimate of drug-likeness (QED) is 0.759. The van der Waals surface area contributed by atoms with Crippen LogP contribution in [0.25, 0.3) is 5.82 Å². The fourth-order valence-corrected chi connectivity index (χ4v) is 4.15. The van der Waals surface area contributed by atoms with Crippen molar-refractivity contribution in [3.8, 4) is 5.82 Å². The second kappa shape index (κ2) is 6.16. The number of ketones is 1. The molecule has 0 saturated heterocycles. The Hall–Kier alpha value is -3.28. The molecular weight excluding hydrogens is 338 g/mol. The van der Waals surface area contributed by atoms with Gasteiger partial charge in [-0.25, -0.2) is 4.98 Å². The van der Waals surface area contributed by atoms with Gasteiger partial charge in [0.25, 0.3) is 0 Å². The molecule has 6 heteroatoms. The molecule has 0 spiro atoms. The number of rotatable bonds is 2. The van der Waals surface area contributed by atoms with Crippen LogP contribution < -0.4 is 5.32 Å². The minimum Gasteiger partial charge on any atom is -0.343 e. The Bertz CT molecular complexity index is 1050. The number of aromatic nitrogens is 4. The molecule has 1 aliphatic heterocycles. The van der Waals surface area contributed by atoms with Crippen molar-refractivity contribution in [2.45, 2.75) is 32.1 Å². The van der Waals surface area contributed by atoms with E-state index >= 15 is 0 Å². The van der Waals surface area contributed by atoms with Crippen LogP contribution in [0.1, 0.15) is 42.0 Å². The van der Waals surface area contributed by atoms with Gasteiger partial charge < -0.3 is 5.32 Å². The monoisotopic (exact) mass is 357 g/mol. The van der Waals surface area contributed by atoms with Crippen molar-refractivity contribution in [1.29, 1.82) is 0 Å². The number of carbonyl (C=O) groups is 1. The van der Waals surface area contributed by atoms with E-state index in [0.29, 0.717) is 6.42 Å². The fourth-order valence-electron chi connectivity index (χ4n) is 4.15. The van der Waals surface area contributed by atoms with E-state index in [1.54, 1.807) is 12.4 Å². The van der Waals surface area contributed by atoms with Gasteiger partial charge in [-0.2, -0.15) is 9.78 Å². The van der Waals surface area contributed by atoms with Crippen molar-refractivity contribution in [3.63, 3.8) is 0 Å². The zero-order valence-electron chi connectivity index (χ0n) is 15.0. The number of fused-ring (bicyclic) bond motifs is 1. The van der Waals surface area contributed by atoms with Crippen LogP contribution in [0.3, 0.4) is 0 Å². The number of aryl methyl sites for hydroxylation is 1. The Kier molecular flexibility index (Phi) is 3.63. The predicted molar refractivity (Wildman–Crippen MR) is 102 cm³/mol. The van der Waals surface area contributed by atoms with Crippen LogP contribution in [0.5, 0.6) is 0 Å². The van der Waals surface area contributed by atoms with E-state index in [1.807, 2.05) is 48.1 Å². The van der Waals surface area contributed by atoms with E-state index in [1.165, 1.54) is 0 Å². The van der Waals surface area contributed by atoms with Gasteiger partial charge in [0.1, 0.15) is 5.82 Å². The first-order chi connectivity index (χ1) is 13.2. The first-order valence-corrected chi connectivity index (χ1v) is 9.18. The van der Waals surface area contributed by atoms with Gasteiger partial charge in [0.15, 0.2) is 11.6 Å². The van der Waals surface area contributed by atoms with Gasteiger partial charge in [0, 0.05) is 47.8 Å². The molecule has 1 aliphatic carbocycles. The third-order valence-electron chi connectivity index (χ3n) is 5.29. The van der Waals surface area contributed by atoms with E-state index in [2.05, 4.69) is 15.3 Å². The Morgan fingerprint density at radius 2 is 2.07 bits per heavy atom. The molecule has 3 aromatic rings. The van der Waals surface area contributed by atoms with Gasteiger partial charge >= 0.3 is 0 Å². The van der Waals surface area contributed by atoms with Crippen molar-refractivity contribution in [3.05, 3.63) is 77.0 Å². The fraction of sp³-hybridized carbons (Fsp3) is 0.238. The molecule has 0 fully saturated rings. The largest absolute Gasteiger partial charge is 0.343 e. The summed E-state index contributed by atoms with van der Waals surface area (Å²) in [5.41, 5.74) is 4.81. The first-order valence-electron chi connectivity index (χ1n) is 9.18. The van der Waals surface area contributed by atoms with Crippen LogP contribution in [0, 0.1) is 6.92 Å². The summed E-state index contributed by atoms with van der Waals surface area (Å²) in [7, 11) is 0. The number of hydrogen-bond donors (Lipinski definition) is 1. The Morgan fingerprint density at radius 1 is 1.15 bits per heavy atom. The molecule has 2 aliphatic rings. The van der Waals surface area contributed by atoms with Gasteiger partial charge in [-0.05, 0) is 43.5 Å². The molecule has 4 heterocycles. The number of anilines is 1. The molecule has 0 unspecified atom stereocenters. The van der Waals surface area contributed by atoms with Crippen LogP contribution >= 0.6 is 0 Å². The molecule has 27 heavy (non-hydrogen) atoms. The highest BCUT2D eigenvalue weighted by Gasteiger charge is 2.38. The van der Waals surface area contributed by atoms with Gasteiger partial charge in [-0.1, -0.05) is 12.1 Å². The number of Topliss-reactive ketones (excluding diaryl/α,β-unsaturated/α-hetero) is 1. The highest BCUT2D eigenvalue weighted by molar-refractivity contribution is 6.01. The average Bonchev–Trinajstić information content (AvgIpc) is 3.04. The third kappa shape index (κ3) is 2.48. The predicted octanol–water partition coefficient (Wildman–Crippen LogP) is 3.54. The molecule has 1 N–H and O–H groups in total. The molecule has 0 aromatic carbocycles. The molecule has 134 valence electrons. The maximum atomic E-state index is 12.9.